The van der Waals surface area contributed by atoms with Gasteiger partial charge in [-0.25, -0.2) is 0 Å². The third kappa shape index (κ3) is 7.46. The van der Waals surface area contributed by atoms with E-state index in [1.54, 1.807) is 19.2 Å². The molecule has 1 aliphatic heterocycles. The molecule has 2 amide bonds. The van der Waals surface area contributed by atoms with Gasteiger partial charge in [-0.2, -0.15) is 0 Å². The Hall–Kier alpha value is -3.06. The molecule has 1 N–H and O–H groups in total. The standard InChI is InChI=1S/C28H39N3O4/c1-28(2,3)17-26(32)31(19-22-10-9-15-35-22)18-20-16-21(13-14-24(20)30(4)5)29-27(33)23-11-7-8-12-25(23)34-6/h7-8,11-14,16,22H,9-10,15,17-19H2,1-6H3,(H,29,33). The topological polar surface area (TPSA) is 71.1 Å². The molecule has 1 fully saturated rings. The molecule has 0 aliphatic carbocycles. The summed E-state index contributed by atoms with van der Waals surface area (Å²) in [6.45, 7) is 8.00. The molecule has 2 aromatic carbocycles. The van der Waals surface area contributed by atoms with E-state index in [1.807, 2.05) is 54.2 Å². The van der Waals surface area contributed by atoms with Crippen LogP contribution in [-0.4, -0.2) is 57.2 Å². The maximum absolute atomic E-state index is 13.3. The van der Waals surface area contributed by atoms with Crippen LogP contribution in [0.15, 0.2) is 42.5 Å². The molecule has 2 aromatic rings. The van der Waals surface area contributed by atoms with Gasteiger partial charge in [0.05, 0.1) is 18.8 Å². The van der Waals surface area contributed by atoms with Crippen LogP contribution >= 0.6 is 0 Å². The largest absolute Gasteiger partial charge is 0.496 e. The molecular weight excluding hydrogens is 442 g/mol. The Morgan fingerprint density at radius 2 is 1.89 bits per heavy atom. The van der Waals surface area contributed by atoms with Gasteiger partial charge in [0.2, 0.25) is 5.91 Å². The summed E-state index contributed by atoms with van der Waals surface area (Å²) >= 11 is 0. The van der Waals surface area contributed by atoms with Gasteiger partial charge in [-0.15, -0.1) is 0 Å². The molecule has 0 bridgehead atoms. The normalized spacial score (nSPS) is 15.5. The van der Waals surface area contributed by atoms with Crippen molar-refractivity contribution in [1.82, 2.24) is 4.90 Å². The predicted octanol–water partition coefficient (Wildman–Crippen LogP) is 4.96. The zero-order chi connectivity index (χ0) is 25.6. The van der Waals surface area contributed by atoms with E-state index >= 15 is 0 Å². The monoisotopic (exact) mass is 481 g/mol. The number of amides is 2. The predicted molar refractivity (Wildman–Crippen MR) is 140 cm³/mol. The van der Waals surface area contributed by atoms with Crippen molar-refractivity contribution in [2.75, 3.05) is 44.6 Å². The summed E-state index contributed by atoms with van der Waals surface area (Å²) in [7, 11) is 5.51. The first-order chi connectivity index (χ1) is 16.6. The zero-order valence-corrected chi connectivity index (χ0v) is 21.9. The van der Waals surface area contributed by atoms with Crippen LogP contribution in [0.1, 0.15) is 56.0 Å². The Labute approximate surface area is 209 Å². The lowest BCUT2D eigenvalue weighted by molar-refractivity contribution is -0.135. The fourth-order valence-corrected chi connectivity index (χ4v) is 4.32. The molecule has 1 unspecified atom stereocenters. The summed E-state index contributed by atoms with van der Waals surface area (Å²) in [5.74, 6) is 0.387. The molecular formula is C28H39N3O4. The summed E-state index contributed by atoms with van der Waals surface area (Å²) in [6.07, 6.45) is 2.52. The number of carbonyl (C=O) groups is 2. The molecule has 1 aliphatic rings. The molecule has 7 nitrogen and oxygen atoms in total. The zero-order valence-electron chi connectivity index (χ0n) is 21.9. The number of hydrogen-bond donors (Lipinski definition) is 1. The number of nitrogens with one attached hydrogen (secondary N) is 1. The third-order valence-corrected chi connectivity index (χ3v) is 6.01. The second-order valence-corrected chi connectivity index (χ2v) is 10.5. The minimum atomic E-state index is -0.244. The number of ether oxygens (including phenoxy) is 2. The van der Waals surface area contributed by atoms with E-state index < -0.39 is 0 Å². The van der Waals surface area contributed by atoms with Crippen LogP contribution in [-0.2, 0) is 16.1 Å². The summed E-state index contributed by atoms with van der Waals surface area (Å²) in [4.78, 5) is 30.2. The van der Waals surface area contributed by atoms with E-state index in [9.17, 15) is 9.59 Å². The highest BCUT2D eigenvalue weighted by Crippen LogP contribution is 2.28. The van der Waals surface area contributed by atoms with Crippen molar-refractivity contribution < 1.29 is 19.1 Å². The van der Waals surface area contributed by atoms with Crippen molar-refractivity contribution in [3.8, 4) is 5.75 Å². The maximum Gasteiger partial charge on any atom is 0.259 e. The molecule has 1 saturated heterocycles. The number of hydrogen-bond acceptors (Lipinski definition) is 5. The number of methoxy groups -OCH3 is 1. The van der Waals surface area contributed by atoms with Crippen LogP contribution in [0.5, 0.6) is 5.75 Å². The van der Waals surface area contributed by atoms with Crippen LogP contribution in [0.3, 0.4) is 0 Å². The van der Waals surface area contributed by atoms with Crippen molar-refractivity contribution in [3.63, 3.8) is 0 Å². The first-order valence-corrected chi connectivity index (χ1v) is 12.2. The second kappa shape index (κ2) is 11.6. The Balaban J connectivity index is 1.87. The molecule has 0 radical (unpaired) electrons. The van der Waals surface area contributed by atoms with Gasteiger partial charge in [0, 0.05) is 51.6 Å². The Morgan fingerprint density at radius 1 is 1.14 bits per heavy atom. The number of carbonyl (C=O) groups excluding carboxylic acids is 2. The molecule has 35 heavy (non-hydrogen) atoms. The smallest absolute Gasteiger partial charge is 0.259 e. The molecule has 0 saturated carbocycles. The third-order valence-electron chi connectivity index (χ3n) is 6.01. The van der Waals surface area contributed by atoms with Gasteiger partial charge < -0.3 is 24.6 Å². The summed E-state index contributed by atoms with van der Waals surface area (Å²) in [5.41, 5.74) is 2.99. The fourth-order valence-electron chi connectivity index (χ4n) is 4.32. The van der Waals surface area contributed by atoms with E-state index in [2.05, 4.69) is 26.1 Å². The maximum atomic E-state index is 13.3. The number of benzene rings is 2. The first-order valence-electron chi connectivity index (χ1n) is 12.2. The molecule has 3 rings (SSSR count). The molecule has 1 heterocycles. The van der Waals surface area contributed by atoms with Gasteiger partial charge in [0.1, 0.15) is 5.75 Å². The Bertz CT molecular complexity index is 1020. The minimum Gasteiger partial charge on any atom is -0.496 e. The fraction of sp³-hybridized carbons (Fsp3) is 0.500. The first kappa shape index (κ1) is 26.5. The average molecular weight is 482 g/mol. The van der Waals surface area contributed by atoms with E-state index in [0.29, 0.717) is 36.5 Å². The number of para-hydroxylation sites is 1. The van der Waals surface area contributed by atoms with Crippen molar-refractivity contribution in [3.05, 3.63) is 53.6 Å². The number of anilines is 2. The molecule has 0 spiro atoms. The van der Waals surface area contributed by atoms with Crippen molar-refractivity contribution >= 4 is 23.2 Å². The quantitative estimate of drug-likeness (QED) is 0.548. The number of rotatable bonds is 9. The van der Waals surface area contributed by atoms with Gasteiger partial charge in [0.15, 0.2) is 0 Å². The van der Waals surface area contributed by atoms with Gasteiger partial charge in [0.25, 0.3) is 5.91 Å². The van der Waals surface area contributed by atoms with Crippen LogP contribution < -0.4 is 15.0 Å². The highest BCUT2D eigenvalue weighted by Gasteiger charge is 2.27. The second-order valence-electron chi connectivity index (χ2n) is 10.5. The highest BCUT2D eigenvalue weighted by atomic mass is 16.5. The van der Waals surface area contributed by atoms with Crippen LogP contribution in [0, 0.1) is 5.41 Å². The van der Waals surface area contributed by atoms with Gasteiger partial charge in [-0.05, 0) is 54.2 Å². The van der Waals surface area contributed by atoms with E-state index in [4.69, 9.17) is 9.47 Å². The van der Waals surface area contributed by atoms with Crippen molar-refractivity contribution in [2.45, 2.75) is 52.7 Å². The van der Waals surface area contributed by atoms with Gasteiger partial charge in [-0.3, -0.25) is 9.59 Å². The summed E-state index contributed by atoms with van der Waals surface area (Å²) < 4.78 is 11.2. The lowest BCUT2D eigenvalue weighted by Gasteiger charge is -2.30. The van der Waals surface area contributed by atoms with Crippen molar-refractivity contribution in [1.29, 1.82) is 0 Å². The lowest BCUT2D eigenvalue weighted by Crippen LogP contribution is -2.38. The summed E-state index contributed by atoms with van der Waals surface area (Å²) in [5, 5.41) is 2.99. The van der Waals surface area contributed by atoms with Gasteiger partial charge >= 0.3 is 0 Å². The Morgan fingerprint density at radius 3 is 2.51 bits per heavy atom. The average Bonchev–Trinajstić information content (AvgIpc) is 3.30. The number of nitrogens with zero attached hydrogens (tertiary/aromatic N) is 2. The lowest BCUT2D eigenvalue weighted by atomic mass is 9.91. The van der Waals surface area contributed by atoms with E-state index in [1.165, 1.54) is 0 Å². The Kier molecular flexibility index (Phi) is 8.78. The highest BCUT2D eigenvalue weighted by molar-refractivity contribution is 6.06. The van der Waals surface area contributed by atoms with Crippen molar-refractivity contribution in [2.24, 2.45) is 5.41 Å². The minimum absolute atomic E-state index is 0.0650. The van der Waals surface area contributed by atoms with Crippen LogP contribution in [0.4, 0.5) is 11.4 Å². The van der Waals surface area contributed by atoms with E-state index in [-0.39, 0.29) is 23.3 Å². The molecule has 0 aromatic heterocycles. The van der Waals surface area contributed by atoms with Crippen LogP contribution in [0.2, 0.25) is 0 Å². The molecule has 190 valence electrons. The van der Waals surface area contributed by atoms with E-state index in [0.717, 1.165) is 30.7 Å². The molecule has 7 heteroatoms. The molecule has 1 atom stereocenters. The van der Waals surface area contributed by atoms with Crippen LogP contribution in [0.25, 0.3) is 0 Å². The van der Waals surface area contributed by atoms with Gasteiger partial charge in [-0.1, -0.05) is 32.9 Å². The summed E-state index contributed by atoms with van der Waals surface area (Å²) in [6, 6.07) is 12.9. The SMILES string of the molecule is COc1ccccc1C(=O)Nc1ccc(N(C)C)c(CN(CC2CCCO2)C(=O)CC(C)(C)C)c1.